The third-order valence-electron chi connectivity index (χ3n) is 3.84. The normalized spacial score (nSPS) is 16.7. The summed E-state index contributed by atoms with van der Waals surface area (Å²) in [6, 6.07) is 8.53. The predicted molar refractivity (Wildman–Crippen MR) is 76.8 cm³/mol. The third kappa shape index (κ3) is 4.34. The van der Waals surface area contributed by atoms with Crippen molar-refractivity contribution < 1.29 is 4.74 Å². The third-order valence-corrected chi connectivity index (χ3v) is 3.84. The molecule has 0 aliphatic heterocycles. The molecule has 1 aliphatic rings. The van der Waals surface area contributed by atoms with Crippen LogP contribution in [0.2, 0.25) is 0 Å². The lowest BCUT2D eigenvalue weighted by molar-refractivity contribution is 0.185. The Morgan fingerprint density at radius 2 is 2.06 bits per heavy atom. The maximum atomic E-state index is 5.15. The summed E-state index contributed by atoms with van der Waals surface area (Å²) in [6.07, 6.45) is 8.51. The largest absolute Gasteiger partial charge is 0.385 e. The number of hydrogen-bond acceptors (Lipinski definition) is 2. The minimum atomic E-state index is 0.693. The van der Waals surface area contributed by atoms with E-state index in [-0.39, 0.29) is 0 Å². The van der Waals surface area contributed by atoms with Gasteiger partial charge in [-0.1, -0.05) is 44.2 Å². The van der Waals surface area contributed by atoms with Crippen LogP contribution in [0.1, 0.15) is 44.1 Å². The standard InChI is InChI=1S/C16H25NO/c1-18-13-15-8-5-9-16(12-15)17-11-10-14-6-3-2-4-7-14/h5,8-9,12,14,17H,2-4,6-7,10-11,13H2,1H3. The van der Waals surface area contributed by atoms with E-state index in [0.717, 1.165) is 12.5 Å². The molecule has 0 bridgehead atoms. The van der Waals surface area contributed by atoms with Crippen molar-refractivity contribution in [2.45, 2.75) is 45.1 Å². The highest BCUT2D eigenvalue weighted by Gasteiger charge is 2.12. The van der Waals surface area contributed by atoms with Gasteiger partial charge in [0.2, 0.25) is 0 Å². The second-order valence-electron chi connectivity index (χ2n) is 5.35. The summed E-state index contributed by atoms with van der Waals surface area (Å²) in [5.41, 5.74) is 2.46. The highest BCUT2D eigenvalue weighted by Crippen LogP contribution is 2.26. The van der Waals surface area contributed by atoms with E-state index in [1.54, 1.807) is 7.11 Å². The van der Waals surface area contributed by atoms with Gasteiger partial charge in [-0.05, 0) is 30.0 Å². The van der Waals surface area contributed by atoms with Crippen LogP contribution in [0.25, 0.3) is 0 Å². The minimum Gasteiger partial charge on any atom is -0.385 e. The molecular formula is C16H25NO. The molecule has 0 spiro atoms. The molecule has 0 amide bonds. The smallest absolute Gasteiger partial charge is 0.0713 e. The van der Waals surface area contributed by atoms with Crippen LogP contribution < -0.4 is 5.32 Å². The van der Waals surface area contributed by atoms with Crippen molar-refractivity contribution in [3.05, 3.63) is 29.8 Å². The van der Waals surface area contributed by atoms with Gasteiger partial charge >= 0.3 is 0 Å². The maximum absolute atomic E-state index is 5.15. The van der Waals surface area contributed by atoms with Gasteiger partial charge < -0.3 is 10.1 Å². The zero-order chi connectivity index (χ0) is 12.6. The predicted octanol–water partition coefficient (Wildman–Crippen LogP) is 4.22. The summed E-state index contributed by atoms with van der Waals surface area (Å²) in [5, 5.41) is 3.54. The van der Waals surface area contributed by atoms with E-state index < -0.39 is 0 Å². The SMILES string of the molecule is COCc1cccc(NCCC2CCCCC2)c1. The fourth-order valence-corrected chi connectivity index (χ4v) is 2.83. The fourth-order valence-electron chi connectivity index (χ4n) is 2.83. The molecule has 1 fully saturated rings. The van der Waals surface area contributed by atoms with Gasteiger partial charge in [-0.3, -0.25) is 0 Å². The summed E-state index contributed by atoms with van der Waals surface area (Å²) < 4.78 is 5.15. The van der Waals surface area contributed by atoms with Gasteiger partial charge in [0.15, 0.2) is 0 Å². The molecule has 1 saturated carbocycles. The number of benzene rings is 1. The van der Waals surface area contributed by atoms with E-state index in [0.29, 0.717) is 6.61 Å². The van der Waals surface area contributed by atoms with Crippen LogP contribution in [0.5, 0.6) is 0 Å². The molecule has 2 rings (SSSR count). The Morgan fingerprint density at radius 3 is 2.83 bits per heavy atom. The Kier molecular flexibility index (Phi) is 5.53. The molecule has 0 atom stereocenters. The van der Waals surface area contributed by atoms with Gasteiger partial charge in [0, 0.05) is 19.3 Å². The molecule has 0 saturated heterocycles. The second-order valence-corrected chi connectivity index (χ2v) is 5.35. The molecule has 1 aliphatic carbocycles. The Bertz CT molecular complexity index is 345. The lowest BCUT2D eigenvalue weighted by atomic mass is 9.87. The number of anilines is 1. The van der Waals surface area contributed by atoms with Crippen molar-refractivity contribution in [3.8, 4) is 0 Å². The van der Waals surface area contributed by atoms with Crippen LogP contribution in [-0.4, -0.2) is 13.7 Å². The lowest BCUT2D eigenvalue weighted by Crippen LogP contribution is -2.12. The highest BCUT2D eigenvalue weighted by atomic mass is 16.5. The van der Waals surface area contributed by atoms with Gasteiger partial charge in [0.1, 0.15) is 0 Å². The van der Waals surface area contributed by atoms with Crippen molar-refractivity contribution in [2.75, 3.05) is 19.0 Å². The number of hydrogen-bond donors (Lipinski definition) is 1. The van der Waals surface area contributed by atoms with Crippen LogP contribution in [-0.2, 0) is 11.3 Å². The molecule has 100 valence electrons. The Labute approximate surface area is 111 Å². The quantitative estimate of drug-likeness (QED) is 0.813. The molecular weight excluding hydrogens is 222 g/mol. The monoisotopic (exact) mass is 247 g/mol. The Balaban J connectivity index is 1.73. The molecule has 1 N–H and O–H groups in total. The van der Waals surface area contributed by atoms with Crippen LogP contribution >= 0.6 is 0 Å². The van der Waals surface area contributed by atoms with Gasteiger partial charge in [0.05, 0.1) is 6.61 Å². The van der Waals surface area contributed by atoms with Crippen molar-refractivity contribution in [1.29, 1.82) is 0 Å². The number of methoxy groups -OCH3 is 1. The van der Waals surface area contributed by atoms with E-state index in [2.05, 4.69) is 29.6 Å². The average molecular weight is 247 g/mol. The van der Waals surface area contributed by atoms with Gasteiger partial charge in [-0.15, -0.1) is 0 Å². The summed E-state index contributed by atoms with van der Waals surface area (Å²) >= 11 is 0. The van der Waals surface area contributed by atoms with Crippen LogP contribution in [0, 0.1) is 5.92 Å². The summed E-state index contributed by atoms with van der Waals surface area (Å²) in [4.78, 5) is 0. The average Bonchev–Trinajstić information content (AvgIpc) is 2.41. The van der Waals surface area contributed by atoms with Gasteiger partial charge in [-0.25, -0.2) is 0 Å². The molecule has 18 heavy (non-hydrogen) atoms. The summed E-state index contributed by atoms with van der Waals surface area (Å²) in [7, 11) is 1.74. The van der Waals surface area contributed by atoms with Crippen LogP contribution in [0.4, 0.5) is 5.69 Å². The first-order valence-corrected chi connectivity index (χ1v) is 7.20. The molecule has 0 heterocycles. The zero-order valence-corrected chi connectivity index (χ0v) is 11.5. The fraction of sp³-hybridized carbons (Fsp3) is 0.625. The zero-order valence-electron chi connectivity index (χ0n) is 11.5. The Morgan fingerprint density at radius 1 is 1.22 bits per heavy atom. The summed E-state index contributed by atoms with van der Waals surface area (Å²) in [5.74, 6) is 0.952. The van der Waals surface area contributed by atoms with Crippen LogP contribution in [0.3, 0.4) is 0 Å². The Hall–Kier alpha value is -1.02. The summed E-state index contributed by atoms with van der Waals surface area (Å²) in [6.45, 7) is 1.79. The minimum absolute atomic E-state index is 0.693. The number of rotatable bonds is 6. The first kappa shape index (κ1) is 13.4. The number of ether oxygens (including phenoxy) is 1. The van der Waals surface area contributed by atoms with Crippen molar-refractivity contribution in [3.63, 3.8) is 0 Å². The lowest BCUT2D eigenvalue weighted by Gasteiger charge is -2.21. The van der Waals surface area contributed by atoms with E-state index in [1.807, 2.05) is 0 Å². The maximum Gasteiger partial charge on any atom is 0.0713 e. The first-order chi connectivity index (χ1) is 8.88. The second kappa shape index (κ2) is 7.42. The molecule has 1 aromatic carbocycles. The van der Waals surface area contributed by atoms with E-state index in [9.17, 15) is 0 Å². The van der Waals surface area contributed by atoms with Gasteiger partial charge in [0.25, 0.3) is 0 Å². The van der Waals surface area contributed by atoms with Crippen molar-refractivity contribution in [1.82, 2.24) is 0 Å². The molecule has 0 unspecified atom stereocenters. The molecule has 2 heteroatoms. The van der Waals surface area contributed by atoms with Crippen molar-refractivity contribution >= 4 is 5.69 Å². The van der Waals surface area contributed by atoms with Crippen LogP contribution in [0.15, 0.2) is 24.3 Å². The number of nitrogens with one attached hydrogen (secondary N) is 1. The molecule has 2 nitrogen and oxygen atoms in total. The molecule has 0 aromatic heterocycles. The first-order valence-electron chi connectivity index (χ1n) is 7.20. The van der Waals surface area contributed by atoms with E-state index in [1.165, 1.54) is 49.8 Å². The van der Waals surface area contributed by atoms with Crippen molar-refractivity contribution in [2.24, 2.45) is 5.92 Å². The van der Waals surface area contributed by atoms with E-state index >= 15 is 0 Å². The van der Waals surface area contributed by atoms with E-state index in [4.69, 9.17) is 4.74 Å². The topological polar surface area (TPSA) is 21.3 Å². The molecule has 1 aromatic rings. The highest BCUT2D eigenvalue weighted by molar-refractivity contribution is 5.45. The van der Waals surface area contributed by atoms with Gasteiger partial charge in [-0.2, -0.15) is 0 Å². The molecule has 0 radical (unpaired) electrons.